The molecule has 4 rings (SSSR count). The van der Waals surface area contributed by atoms with E-state index in [0.29, 0.717) is 34.5 Å². The molecule has 7 nitrogen and oxygen atoms in total. The molecule has 2 amide bonds. The summed E-state index contributed by atoms with van der Waals surface area (Å²) in [6, 6.07) is 10.1. The van der Waals surface area contributed by atoms with Crippen LogP contribution in [0.1, 0.15) is 34.3 Å². The minimum absolute atomic E-state index is 0.0773. The van der Waals surface area contributed by atoms with Crippen molar-refractivity contribution in [2.24, 2.45) is 0 Å². The third kappa shape index (κ3) is 3.63. The van der Waals surface area contributed by atoms with Crippen LogP contribution in [0.4, 0.5) is 15.8 Å². The van der Waals surface area contributed by atoms with E-state index in [1.807, 2.05) is 19.0 Å². The molecule has 8 heteroatoms. The number of nitrogens with zero attached hydrogens (tertiary/aromatic N) is 2. The van der Waals surface area contributed by atoms with Gasteiger partial charge in [-0.1, -0.05) is 12.6 Å². The third-order valence-corrected chi connectivity index (χ3v) is 5.86. The zero-order chi connectivity index (χ0) is 22.3. The molecule has 0 saturated carbocycles. The highest BCUT2D eigenvalue weighted by atomic mass is 19.1. The van der Waals surface area contributed by atoms with E-state index < -0.39 is 17.5 Å². The molecule has 1 saturated heterocycles. The van der Waals surface area contributed by atoms with Crippen molar-refractivity contribution < 1.29 is 19.1 Å². The van der Waals surface area contributed by atoms with E-state index in [0.717, 1.165) is 5.69 Å². The minimum Gasteiger partial charge on any atom is -0.381 e. The molecular weight excluding hydrogens is 399 g/mol. The van der Waals surface area contributed by atoms with Gasteiger partial charge in [0, 0.05) is 60.8 Å². The summed E-state index contributed by atoms with van der Waals surface area (Å²) in [6.45, 7) is 4.02. The number of benzene rings is 2. The SMILES string of the molecule is C=C1CCC(O)(N2Cc3c(NCc4cc(N(C)C)ccc4F)cccc3C2=O)C(=O)N1. The largest absolute Gasteiger partial charge is 0.381 e. The van der Waals surface area contributed by atoms with Gasteiger partial charge in [0.15, 0.2) is 0 Å². The van der Waals surface area contributed by atoms with Crippen molar-refractivity contribution >= 4 is 23.2 Å². The van der Waals surface area contributed by atoms with Crippen molar-refractivity contribution in [3.05, 3.63) is 71.2 Å². The van der Waals surface area contributed by atoms with Crippen LogP contribution in [0.2, 0.25) is 0 Å². The van der Waals surface area contributed by atoms with Crippen LogP contribution in [0.5, 0.6) is 0 Å². The Labute approximate surface area is 180 Å². The van der Waals surface area contributed by atoms with Crippen LogP contribution >= 0.6 is 0 Å². The highest BCUT2D eigenvalue weighted by Crippen LogP contribution is 2.36. The molecule has 2 aromatic rings. The number of anilines is 2. The van der Waals surface area contributed by atoms with Gasteiger partial charge in [-0.05, 0) is 36.8 Å². The Morgan fingerprint density at radius 2 is 2.06 bits per heavy atom. The molecule has 2 aromatic carbocycles. The van der Waals surface area contributed by atoms with E-state index in [4.69, 9.17) is 0 Å². The lowest BCUT2D eigenvalue weighted by Crippen LogP contribution is -2.61. The highest BCUT2D eigenvalue weighted by molar-refractivity contribution is 6.03. The highest BCUT2D eigenvalue weighted by Gasteiger charge is 2.50. The van der Waals surface area contributed by atoms with Crippen LogP contribution in [0.3, 0.4) is 0 Å². The van der Waals surface area contributed by atoms with Gasteiger partial charge in [-0.2, -0.15) is 0 Å². The Bertz CT molecular complexity index is 1080. The van der Waals surface area contributed by atoms with Gasteiger partial charge in [-0.3, -0.25) is 14.5 Å². The first kappa shape index (κ1) is 20.9. The van der Waals surface area contributed by atoms with Gasteiger partial charge < -0.3 is 20.6 Å². The lowest BCUT2D eigenvalue weighted by Gasteiger charge is -2.38. The number of allylic oxidation sites excluding steroid dienone is 1. The molecule has 2 aliphatic heterocycles. The number of nitrogens with one attached hydrogen (secondary N) is 2. The molecule has 3 N–H and O–H groups in total. The van der Waals surface area contributed by atoms with Crippen molar-refractivity contribution in [3.63, 3.8) is 0 Å². The first-order valence-corrected chi connectivity index (χ1v) is 10.1. The van der Waals surface area contributed by atoms with Crippen LogP contribution in [-0.2, 0) is 17.9 Å². The number of hydrogen-bond donors (Lipinski definition) is 3. The molecule has 0 spiro atoms. The zero-order valence-electron chi connectivity index (χ0n) is 17.5. The smallest absolute Gasteiger partial charge is 0.277 e. The van der Waals surface area contributed by atoms with Crippen LogP contribution in [0, 0.1) is 5.82 Å². The fourth-order valence-electron chi connectivity index (χ4n) is 3.98. The Morgan fingerprint density at radius 1 is 1.29 bits per heavy atom. The fourth-order valence-corrected chi connectivity index (χ4v) is 3.98. The number of halogens is 1. The van der Waals surface area contributed by atoms with Crippen molar-refractivity contribution in [1.29, 1.82) is 0 Å². The molecule has 31 heavy (non-hydrogen) atoms. The van der Waals surface area contributed by atoms with Gasteiger partial charge in [0.05, 0.1) is 6.54 Å². The second kappa shape index (κ2) is 7.70. The van der Waals surface area contributed by atoms with Crippen LogP contribution in [0.25, 0.3) is 0 Å². The number of fused-ring (bicyclic) bond motifs is 1. The quantitative estimate of drug-likeness (QED) is 0.687. The molecule has 1 atom stereocenters. The first-order chi connectivity index (χ1) is 14.7. The van der Waals surface area contributed by atoms with Crippen LogP contribution in [-0.4, -0.2) is 41.6 Å². The molecule has 2 aliphatic rings. The van der Waals surface area contributed by atoms with Gasteiger partial charge in [-0.25, -0.2) is 4.39 Å². The summed E-state index contributed by atoms with van der Waals surface area (Å²) < 4.78 is 14.3. The lowest BCUT2D eigenvalue weighted by atomic mass is 9.98. The Hall–Kier alpha value is -3.39. The fraction of sp³-hybridized carbons (Fsp3) is 0.304. The Morgan fingerprint density at radius 3 is 2.77 bits per heavy atom. The number of hydrogen-bond acceptors (Lipinski definition) is 5. The van der Waals surface area contributed by atoms with Gasteiger partial charge in [0.2, 0.25) is 5.72 Å². The minimum atomic E-state index is -1.93. The summed E-state index contributed by atoms with van der Waals surface area (Å²) in [5, 5.41) is 16.7. The lowest BCUT2D eigenvalue weighted by molar-refractivity contribution is -0.161. The van der Waals surface area contributed by atoms with Gasteiger partial charge in [0.1, 0.15) is 5.82 Å². The molecular formula is C23H25FN4O3. The average Bonchev–Trinajstić information content (AvgIpc) is 3.08. The number of rotatable bonds is 5. The molecule has 2 heterocycles. The molecule has 162 valence electrons. The monoisotopic (exact) mass is 424 g/mol. The molecule has 0 radical (unpaired) electrons. The standard InChI is InChI=1S/C23H25FN4O3/c1-14-9-10-23(31,22(30)26-14)28-13-18-17(21(28)29)5-4-6-20(18)25-12-15-11-16(27(2)3)7-8-19(15)24/h4-8,11,25,31H,1,9-10,12-13H2,2-3H3,(H,26,30). The summed E-state index contributed by atoms with van der Waals surface area (Å²) in [5.74, 6) is -1.39. The van der Waals surface area contributed by atoms with Gasteiger partial charge >= 0.3 is 0 Å². The maximum atomic E-state index is 14.3. The van der Waals surface area contributed by atoms with E-state index in [2.05, 4.69) is 17.2 Å². The van der Waals surface area contributed by atoms with E-state index in [-0.39, 0.29) is 25.3 Å². The van der Waals surface area contributed by atoms with Crippen LogP contribution < -0.4 is 15.5 Å². The van der Waals surface area contributed by atoms with E-state index in [9.17, 15) is 19.1 Å². The van der Waals surface area contributed by atoms with Gasteiger partial charge in [-0.15, -0.1) is 0 Å². The third-order valence-electron chi connectivity index (χ3n) is 5.86. The topological polar surface area (TPSA) is 84.9 Å². The number of carbonyl (C=O) groups excluding carboxylic acids is 2. The summed E-state index contributed by atoms with van der Waals surface area (Å²) in [4.78, 5) is 28.5. The molecule has 0 aromatic heterocycles. The average molecular weight is 424 g/mol. The second-order valence-electron chi connectivity index (χ2n) is 8.12. The predicted octanol–water partition coefficient (Wildman–Crippen LogP) is 2.57. The predicted molar refractivity (Wildman–Crippen MR) is 116 cm³/mol. The van der Waals surface area contributed by atoms with Crippen molar-refractivity contribution in [2.45, 2.75) is 31.7 Å². The summed E-state index contributed by atoms with van der Waals surface area (Å²) >= 11 is 0. The molecule has 0 bridgehead atoms. The van der Waals surface area contributed by atoms with Crippen molar-refractivity contribution in [1.82, 2.24) is 10.2 Å². The summed E-state index contributed by atoms with van der Waals surface area (Å²) in [6.07, 6.45) is 0.470. The van der Waals surface area contributed by atoms with E-state index >= 15 is 0 Å². The second-order valence-corrected chi connectivity index (χ2v) is 8.12. The molecule has 1 fully saturated rings. The Kier molecular flexibility index (Phi) is 5.18. The van der Waals surface area contributed by atoms with Gasteiger partial charge in [0.25, 0.3) is 11.8 Å². The number of carbonyl (C=O) groups is 2. The molecule has 0 aliphatic carbocycles. The van der Waals surface area contributed by atoms with E-state index in [1.54, 1.807) is 30.3 Å². The maximum absolute atomic E-state index is 14.3. The normalized spacial score (nSPS) is 20.5. The zero-order valence-corrected chi connectivity index (χ0v) is 17.5. The number of piperidine rings is 1. The first-order valence-electron chi connectivity index (χ1n) is 10.1. The number of amides is 2. The Balaban J connectivity index is 1.58. The van der Waals surface area contributed by atoms with Crippen molar-refractivity contribution in [3.8, 4) is 0 Å². The summed E-state index contributed by atoms with van der Waals surface area (Å²) in [7, 11) is 3.77. The van der Waals surface area contributed by atoms with E-state index in [1.165, 1.54) is 11.0 Å². The maximum Gasteiger partial charge on any atom is 0.277 e. The number of aliphatic hydroxyl groups is 1. The summed E-state index contributed by atoms with van der Waals surface area (Å²) in [5.41, 5.74) is 1.70. The molecule has 1 unspecified atom stereocenters. The van der Waals surface area contributed by atoms with Crippen LogP contribution in [0.15, 0.2) is 48.7 Å². The van der Waals surface area contributed by atoms with Crippen molar-refractivity contribution in [2.75, 3.05) is 24.3 Å².